The van der Waals surface area contributed by atoms with Crippen molar-refractivity contribution in [1.82, 2.24) is 4.90 Å². The normalized spacial score (nSPS) is 22.5. The molecule has 5 nitrogen and oxygen atoms in total. The molecular weight excluding hydrogens is 318 g/mol. The number of nitrogens with zero attached hydrogens (tertiary/aromatic N) is 1. The van der Waals surface area contributed by atoms with Crippen LogP contribution in [0.3, 0.4) is 0 Å². The van der Waals surface area contributed by atoms with Gasteiger partial charge in [-0.2, -0.15) is 0 Å². The van der Waals surface area contributed by atoms with Gasteiger partial charge in [0.25, 0.3) is 5.91 Å². The molecule has 0 spiro atoms. The Morgan fingerprint density at radius 1 is 1.12 bits per heavy atom. The van der Waals surface area contributed by atoms with E-state index in [9.17, 15) is 9.90 Å². The van der Waals surface area contributed by atoms with E-state index in [1.165, 1.54) is 0 Å². The molecule has 0 radical (unpaired) electrons. The summed E-state index contributed by atoms with van der Waals surface area (Å²) in [5.41, 5.74) is 2.86. The summed E-state index contributed by atoms with van der Waals surface area (Å²) >= 11 is 0. The van der Waals surface area contributed by atoms with Crippen molar-refractivity contribution in [1.29, 1.82) is 0 Å². The summed E-state index contributed by atoms with van der Waals surface area (Å²) in [6.07, 6.45) is -0.348. The molecule has 25 heavy (non-hydrogen) atoms. The predicted molar refractivity (Wildman–Crippen MR) is 92.6 cm³/mol. The first-order chi connectivity index (χ1) is 12.2. The van der Waals surface area contributed by atoms with E-state index < -0.39 is 12.2 Å². The molecule has 2 aliphatic heterocycles. The van der Waals surface area contributed by atoms with Crippen LogP contribution >= 0.6 is 0 Å². The van der Waals surface area contributed by atoms with Crippen LogP contribution in [0.4, 0.5) is 0 Å². The van der Waals surface area contributed by atoms with Crippen LogP contribution in [-0.4, -0.2) is 47.8 Å². The van der Waals surface area contributed by atoms with E-state index in [4.69, 9.17) is 9.47 Å². The number of aliphatic hydroxyl groups excluding tert-OH is 1. The van der Waals surface area contributed by atoms with Gasteiger partial charge in [-0.25, -0.2) is 0 Å². The van der Waals surface area contributed by atoms with Crippen LogP contribution in [-0.2, 0) is 17.8 Å². The molecule has 2 heterocycles. The minimum atomic E-state index is -0.688. The molecule has 5 heteroatoms. The summed E-state index contributed by atoms with van der Waals surface area (Å²) in [5, 5.41) is 10.3. The predicted octanol–water partition coefficient (Wildman–Crippen LogP) is 2.02. The van der Waals surface area contributed by atoms with Gasteiger partial charge in [-0.15, -0.1) is 0 Å². The zero-order chi connectivity index (χ0) is 17.2. The van der Waals surface area contributed by atoms with E-state index in [0.717, 1.165) is 17.5 Å². The minimum absolute atomic E-state index is 0.0445. The second kappa shape index (κ2) is 6.86. The maximum absolute atomic E-state index is 13.0. The van der Waals surface area contributed by atoms with Crippen LogP contribution in [0.2, 0.25) is 0 Å². The van der Waals surface area contributed by atoms with Crippen molar-refractivity contribution in [2.45, 2.75) is 25.2 Å². The number of benzene rings is 2. The van der Waals surface area contributed by atoms with E-state index in [0.29, 0.717) is 31.1 Å². The number of β-amino-alcohol motifs (C(OH)–C–C–N with tert-alkyl or cyclic N) is 1. The van der Waals surface area contributed by atoms with E-state index in [1.807, 2.05) is 48.5 Å². The van der Waals surface area contributed by atoms with Crippen molar-refractivity contribution in [3.63, 3.8) is 0 Å². The second-order valence-electron chi connectivity index (χ2n) is 6.49. The number of ether oxygens (including phenoxy) is 2. The van der Waals surface area contributed by atoms with Gasteiger partial charge in [-0.05, 0) is 35.7 Å². The third-order valence-corrected chi connectivity index (χ3v) is 4.81. The molecule has 4 rings (SSSR count). The van der Waals surface area contributed by atoms with Crippen LogP contribution in [0.5, 0.6) is 5.75 Å². The van der Waals surface area contributed by atoms with Crippen molar-refractivity contribution in [2.75, 3.05) is 19.7 Å². The lowest BCUT2D eigenvalue weighted by molar-refractivity contribution is 0.0728. The van der Waals surface area contributed by atoms with Gasteiger partial charge in [0.1, 0.15) is 18.0 Å². The third kappa shape index (κ3) is 3.25. The highest BCUT2D eigenvalue weighted by Crippen LogP contribution is 2.25. The Labute approximate surface area is 146 Å². The number of fused-ring (bicyclic) bond motifs is 1. The highest BCUT2D eigenvalue weighted by atomic mass is 16.5. The maximum atomic E-state index is 13.0. The molecule has 0 bridgehead atoms. The number of carbonyl (C=O) groups is 1. The van der Waals surface area contributed by atoms with E-state index in [-0.39, 0.29) is 12.5 Å². The van der Waals surface area contributed by atoms with Crippen LogP contribution in [0.25, 0.3) is 0 Å². The Bertz CT molecular complexity index is 762. The number of likely N-dealkylation sites (tertiary alicyclic amines) is 1. The number of carbonyl (C=O) groups excluding carboxylic acids is 1. The molecule has 1 saturated heterocycles. The van der Waals surface area contributed by atoms with Gasteiger partial charge < -0.3 is 19.5 Å². The summed E-state index contributed by atoms with van der Waals surface area (Å²) in [5.74, 6) is 0.659. The first-order valence-corrected chi connectivity index (χ1v) is 8.60. The largest absolute Gasteiger partial charge is 0.486 e. The highest BCUT2D eigenvalue weighted by molar-refractivity contribution is 5.96. The lowest BCUT2D eigenvalue weighted by Gasteiger charge is -2.22. The second-order valence-corrected chi connectivity index (χ2v) is 6.49. The van der Waals surface area contributed by atoms with Gasteiger partial charge in [-0.3, -0.25) is 4.79 Å². The summed E-state index contributed by atoms with van der Waals surface area (Å²) in [4.78, 5) is 14.7. The van der Waals surface area contributed by atoms with Gasteiger partial charge in [-0.1, -0.05) is 30.3 Å². The number of hydrogen-bond donors (Lipinski definition) is 1. The van der Waals surface area contributed by atoms with Crippen molar-refractivity contribution in [3.05, 3.63) is 65.2 Å². The summed E-state index contributed by atoms with van der Waals surface area (Å²) in [6.45, 7) is 1.87. The minimum Gasteiger partial charge on any atom is -0.486 e. The van der Waals surface area contributed by atoms with Crippen molar-refractivity contribution >= 4 is 5.91 Å². The molecule has 1 N–H and O–H groups in total. The average Bonchev–Trinajstić information content (AvgIpc) is 3.02. The first-order valence-electron chi connectivity index (χ1n) is 8.60. The Morgan fingerprint density at radius 2 is 1.96 bits per heavy atom. The number of para-hydroxylation sites is 1. The molecule has 0 aromatic heterocycles. The monoisotopic (exact) mass is 339 g/mol. The molecule has 1 amide bonds. The Morgan fingerprint density at radius 3 is 2.80 bits per heavy atom. The smallest absolute Gasteiger partial charge is 0.254 e. The molecule has 0 unspecified atom stereocenters. The van der Waals surface area contributed by atoms with Crippen molar-refractivity contribution in [2.24, 2.45) is 0 Å². The Hall–Kier alpha value is -2.37. The molecule has 2 atom stereocenters. The van der Waals surface area contributed by atoms with E-state index in [1.54, 1.807) is 4.90 Å². The van der Waals surface area contributed by atoms with Gasteiger partial charge in [0, 0.05) is 5.56 Å². The average molecular weight is 339 g/mol. The van der Waals surface area contributed by atoms with Gasteiger partial charge in [0.15, 0.2) is 0 Å². The molecule has 2 aromatic rings. The molecule has 2 aliphatic rings. The first kappa shape index (κ1) is 16.1. The SMILES string of the molecule is O=C(c1cccc2c1CCOC2)N1C[C@@H](O)[C@H](Oc2ccccc2)C1. The number of rotatable bonds is 3. The summed E-state index contributed by atoms with van der Waals surface area (Å²) < 4.78 is 11.3. The van der Waals surface area contributed by atoms with E-state index in [2.05, 4.69) is 0 Å². The molecular formula is C20H21NO4. The zero-order valence-electron chi connectivity index (χ0n) is 13.9. The summed E-state index contributed by atoms with van der Waals surface area (Å²) in [6, 6.07) is 15.2. The van der Waals surface area contributed by atoms with Crippen LogP contribution in [0.15, 0.2) is 48.5 Å². The molecule has 2 aromatic carbocycles. The highest BCUT2D eigenvalue weighted by Gasteiger charge is 2.36. The van der Waals surface area contributed by atoms with Gasteiger partial charge in [0.2, 0.25) is 0 Å². The molecule has 0 saturated carbocycles. The van der Waals surface area contributed by atoms with Gasteiger partial charge >= 0.3 is 0 Å². The van der Waals surface area contributed by atoms with Crippen LogP contribution in [0, 0.1) is 0 Å². The van der Waals surface area contributed by atoms with E-state index >= 15 is 0 Å². The van der Waals surface area contributed by atoms with Crippen molar-refractivity contribution < 1.29 is 19.4 Å². The lowest BCUT2D eigenvalue weighted by atomic mass is 9.96. The molecule has 1 fully saturated rings. The van der Waals surface area contributed by atoms with Crippen molar-refractivity contribution in [3.8, 4) is 5.75 Å². The van der Waals surface area contributed by atoms with Crippen LogP contribution in [0.1, 0.15) is 21.5 Å². The van der Waals surface area contributed by atoms with Gasteiger partial charge in [0.05, 0.1) is 26.3 Å². The topological polar surface area (TPSA) is 59.0 Å². The Kier molecular flexibility index (Phi) is 4.42. The van der Waals surface area contributed by atoms with Crippen LogP contribution < -0.4 is 4.74 Å². The third-order valence-electron chi connectivity index (χ3n) is 4.81. The molecule has 130 valence electrons. The zero-order valence-corrected chi connectivity index (χ0v) is 13.9. The number of amides is 1. The fourth-order valence-electron chi connectivity index (χ4n) is 3.50. The molecule has 0 aliphatic carbocycles. The maximum Gasteiger partial charge on any atom is 0.254 e. The standard InChI is InChI=1S/C20H21NO4/c22-18-11-21(12-19(18)25-15-6-2-1-3-7-15)20(23)17-8-4-5-14-13-24-10-9-16(14)17/h1-8,18-19,22H,9-13H2/t18-,19-/m1/s1. The quantitative estimate of drug-likeness (QED) is 0.929. The fraction of sp³-hybridized carbons (Fsp3) is 0.350. The summed E-state index contributed by atoms with van der Waals surface area (Å²) in [7, 11) is 0. The Balaban J connectivity index is 1.50. The lowest BCUT2D eigenvalue weighted by Crippen LogP contribution is -2.32. The number of hydrogen-bond acceptors (Lipinski definition) is 4. The fourth-order valence-corrected chi connectivity index (χ4v) is 3.50. The number of aliphatic hydroxyl groups is 1.